The molecule has 2 amide bonds. The number of rotatable bonds is 12. The Bertz CT molecular complexity index is 1810. The minimum atomic E-state index is 0.0492. The first-order valence-electron chi connectivity index (χ1n) is 20.7. The SMILES string of the molecule is CCCCCc1nnnn1C1CCCCC1.O=C1CCc2cc(O)ccc2N1.O=C1CCc2cc(OCCCCc3nnnn3C3CCCCC3)ccc2N1. The number of unbranched alkanes of at least 4 members (excludes halogenated alkanes) is 3. The zero-order valence-electron chi connectivity index (χ0n) is 32.4. The second kappa shape index (κ2) is 20.7. The number of aryl methyl sites for hydroxylation is 4. The molecule has 2 aromatic heterocycles. The zero-order valence-corrected chi connectivity index (χ0v) is 32.4. The summed E-state index contributed by atoms with van der Waals surface area (Å²) < 4.78 is 10.0. The van der Waals surface area contributed by atoms with E-state index < -0.39 is 0 Å². The van der Waals surface area contributed by atoms with Crippen molar-refractivity contribution in [3.05, 3.63) is 59.2 Å². The summed E-state index contributed by atoms with van der Waals surface area (Å²) in [5.41, 5.74) is 3.89. The summed E-state index contributed by atoms with van der Waals surface area (Å²) in [5, 5.41) is 39.3. The molecule has 0 saturated heterocycles. The second-order valence-corrected chi connectivity index (χ2v) is 15.2. The fraction of sp³-hybridized carbons (Fsp3) is 0.610. The first kappa shape index (κ1) is 39.8. The number of hydrogen-bond donors (Lipinski definition) is 3. The van der Waals surface area contributed by atoms with Crippen LogP contribution in [0.1, 0.15) is 151 Å². The van der Waals surface area contributed by atoms with Gasteiger partial charge < -0.3 is 20.5 Å². The number of phenols is 1. The van der Waals surface area contributed by atoms with E-state index in [0.717, 1.165) is 78.4 Å². The molecule has 2 aromatic carbocycles. The minimum Gasteiger partial charge on any atom is -0.508 e. The van der Waals surface area contributed by atoms with E-state index in [1.54, 1.807) is 18.2 Å². The number of nitrogens with zero attached hydrogens (tertiary/aromatic N) is 8. The number of benzene rings is 2. The van der Waals surface area contributed by atoms with Crippen LogP contribution in [0.2, 0.25) is 0 Å². The molecule has 2 aliphatic heterocycles. The maximum atomic E-state index is 11.4. The lowest BCUT2D eigenvalue weighted by Gasteiger charge is -2.22. The Hall–Kier alpha value is -4.88. The van der Waals surface area contributed by atoms with Gasteiger partial charge in [0.05, 0.1) is 18.7 Å². The van der Waals surface area contributed by atoms with Crippen molar-refractivity contribution in [2.24, 2.45) is 0 Å². The molecule has 55 heavy (non-hydrogen) atoms. The summed E-state index contributed by atoms with van der Waals surface area (Å²) in [6.07, 6.45) is 23.0. The summed E-state index contributed by atoms with van der Waals surface area (Å²) in [4.78, 5) is 22.4. The van der Waals surface area contributed by atoms with Crippen molar-refractivity contribution in [2.45, 2.75) is 154 Å². The van der Waals surface area contributed by atoms with Crippen molar-refractivity contribution in [1.82, 2.24) is 40.4 Å². The number of aromatic hydroxyl groups is 1. The number of amides is 2. The molecular formula is C41H58N10O4. The molecule has 2 saturated carbocycles. The van der Waals surface area contributed by atoms with E-state index in [4.69, 9.17) is 9.84 Å². The number of carbonyl (C=O) groups excluding carboxylic acids is 2. The van der Waals surface area contributed by atoms with Crippen LogP contribution in [0, 0.1) is 0 Å². The van der Waals surface area contributed by atoms with Crippen LogP contribution in [0.25, 0.3) is 0 Å². The Morgan fingerprint density at radius 2 is 1.20 bits per heavy atom. The topological polar surface area (TPSA) is 175 Å². The normalized spacial score (nSPS) is 17.0. The van der Waals surface area contributed by atoms with Gasteiger partial charge in [-0.1, -0.05) is 58.3 Å². The largest absolute Gasteiger partial charge is 0.508 e. The minimum absolute atomic E-state index is 0.0492. The van der Waals surface area contributed by atoms with E-state index in [-0.39, 0.29) is 17.6 Å². The van der Waals surface area contributed by atoms with Crippen molar-refractivity contribution < 1.29 is 19.4 Å². The summed E-state index contributed by atoms with van der Waals surface area (Å²) >= 11 is 0. The third-order valence-electron chi connectivity index (χ3n) is 11.0. The Morgan fingerprint density at radius 3 is 1.76 bits per heavy atom. The van der Waals surface area contributed by atoms with Crippen molar-refractivity contribution in [2.75, 3.05) is 17.2 Å². The van der Waals surface area contributed by atoms with E-state index in [1.165, 1.54) is 83.5 Å². The Labute approximate surface area is 324 Å². The molecular weight excluding hydrogens is 697 g/mol. The quantitative estimate of drug-likeness (QED) is 0.0962. The molecule has 2 aliphatic carbocycles. The summed E-state index contributed by atoms with van der Waals surface area (Å²) in [7, 11) is 0. The van der Waals surface area contributed by atoms with Gasteiger partial charge in [-0.3, -0.25) is 9.59 Å². The first-order valence-corrected chi connectivity index (χ1v) is 20.7. The first-order chi connectivity index (χ1) is 27.0. The molecule has 3 N–H and O–H groups in total. The fourth-order valence-corrected chi connectivity index (χ4v) is 7.90. The number of hydrogen-bond acceptors (Lipinski definition) is 10. The second-order valence-electron chi connectivity index (χ2n) is 15.2. The summed E-state index contributed by atoms with van der Waals surface area (Å²) in [6, 6.07) is 11.9. The number of phenolic OH excluding ortho intramolecular Hbond substituents is 1. The van der Waals surface area contributed by atoms with E-state index in [2.05, 4.69) is 58.0 Å². The van der Waals surface area contributed by atoms with Crippen LogP contribution >= 0.6 is 0 Å². The van der Waals surface area contributed by atoms with E-state index in [1.807, 2.05) is 18.2 Å². The highest BCUT2D eigenvalue weighted by Crippen LogP contribution is 2.30. The lowest BCUT2D eigenvalue weighted by molar-refractivity contribution is -0.117. The van der Waals surface area contributed by atoms with Gasteiger partial charge in [0.1, 0.15) is 11.5 Å². The molecule has 4 heterocycles. The Morgan fingerprint density at radius 1 is 0.673 bits per heavy atom. The molecule has 296 valence electrons. The van der Waals surface area contributed by atoms with Gasteiger partial charge in [-0.2, -0.15) is 0 Å². The van der Waals surface area contributed by atoms with Gasteiger partial charge in [-0.05, 0) is 126 Å². The number of carbonyl (C=O) groups is 2. The third kappa shape index (κ3) is 11.8. The van der Waals surface area contributed by atoms with Crippen LogP contribution in [0.15, 0.2) is 36.4 Å². The van der Waals surface area contributed by atoms with Crippen LogP contribution < -0.4 is 15.4 Å². The highest BCUT2D eigenvalue weighted by atomic mass is 16.5. The maximum absolute atomic E-state index is 11.4. The molecule has 4 aliphatic rings. The number of ether oxygens (including phenoxy) is 1. The fourth-order valence-electron chi connectivity index (χ4n) is 7.90. The molecule has 14 heteroatoms. The molecule has 4 aromatic rings. The average Bonchev–Trinajstić information content (AvgIpc) is 3.89. The highest BCUT2D eigenvalue weighted by Gasteiger charge is 2.21. The molecule has 0 unspecified atom stereocenters. The van der Waals surface area contributed by atoms with Crippen molar-refractivity contribution >= 4 is 23.2 Å². The lowest BCUT2D eigenvalue weighted by Crippen LogP contribution is -2.18. The number of anilines is 2. The monoisotopic (exact) mass is 754 g/mol. The van der Waals surface area contributed by atoms with Crippen LogP contribution in [0.3, 0.4) is 0 Å². The summed E-state index contributed by atoms with van der Waals surface area (Å²) in [6.45, 7) is 2.90. The number of aromatic nitrogens is 8. The molecule has 0 atom stereocenters. The van der Waals surface area contributed by atoms with Gasteiger partial charge in [0, 0.05) is 37.1 Å². The number of tetrazole rings is 2. The van der Waals surface area contributed by atoms with Gasteiger partial charge in [0.25, 0.3) is 0 Å². The highest BCUT2D eigenvalue weighted by molar-refractivity contribution is 5.94. The summed E-state index contributed by atoms with van der Waals surface area (Å²) in [5.74, 6) is 3.37. The van der Waals surface area contributed by atoms with Crippen molar-refractivity contribution in [1.29, 1.82) is 0 Å². The zero-order chi connectivity index (χ0) is 38.2. The standard InChI is InChI=1S/C20H27N5O2.C12H22N4.C9H9NO2/c26-20-12-9-15-14-17(10-11-18(15)21-20)27-13-5-4-8-19-22-23-24-25(19)16-6-2-1-3-7-16;1-2-3-5-10-12-13-14-15-16(12)11-8-6-4-7-9-11;11-7-2-3-8-6(5-7)1-4-9(12)10-8/h10-11,14,16H,1-9,12-13H2,(H,21,26);11H,2-10H2,1H3;2-3,5,11H,1,4H2,(H,10,12). The van der Waals surface area contributed by atoms with E-state index >= 15 is 0 Å². The molecule has 0 spiro atoms. The van der Waals surface area contributed by atoms with Crippen LogP contribution in [0.4, 0.5) is 11.4 Å². The van der Waals surface area contributed by atoms with Crippen LogP contribution in [-0.2, 0) is 35.3 Å². The van der Waals surface area contributed by atoms with E-state index in [0.29, 0.717) is 31.5 Å². The number of nitrogens with one attached hydrogen (secondary N) is 2. The molecule has 2 fully saturated rings. The molecule has 8 rings (SSSR count). The average molecular weight is 755 g/mol. The van der Waals surface area contributed by atoms with E-state index in [9.17, 15) is 9.59 Å². The Kier molecular flexibility index (Phi) is 15.0. The van der Waals surface area contributed by atoms with Gasteiger partial charge in [0.15, 0.2) is 11.6 Å². The molecule has 0 radical (unpaired) electrons. The predicted octanol–water partition coefficient (Wildman–Crippen LogP) is 7.65. The van der Waals surface area contributed by atoms with Gasteiger partial charge in [-0.15, -0.1) is 10.2 Å². The predicted molar refractivity (Wildman–Crippen MR) is 210 cm³/mol. The maximum Gasteiger partial charge on any atom is 0.224 e. The van der Waals surface area contributed by atoms with Crippen LogP contribution in [-0.4, -0.2) is 63.9 Å². The van der Waals surface area contributed by atoms with Gasteiger partial charge in [-0.25, -0.2) is 9.36 Å². The number of fused-ring (bicyclic) bond motifs is 2. The van der Waals surface area contributed by atoms with Crippen LogP contribution in [0.5, 0.6) is 11.5 Å². The van der Waals surface area contributed by atoms with Crippen molar-refractivity contribution in [3.63, 3.8) is 0 Å². The third-order valence-corrected chi connectivity index (χ3v) is 11.0. The molecule has 0 bridgehead atoms. The van der Waals surface area contributed by atoms with Gasteiger partial charge >= 0.3 is 0 Å². The molecule has 14 nitrogen and oxygen atoms in total. The van der Waals surface area contributed by atoms with Crippen molar-refractivity contribution in [3.8, 4) is 11.5 Å². The Balaban J connectivity index is 0.000000155. The lowest BCUT2D eigenvalue weighted by atomic mass is 9.95. The smallest absolute Gasteiger partial charge is 0.224 e. The van der Waals surface area contributed by atoms with Gasteiger partial charge in [0.2, 0.25) is 11.8 Å².